The number of aliphatic hydroxyl groups excluding tert-OH is 1. The van der Waals surface area contributed by atoms with E-state index in [9.17, 15) is 8.78 Å². The summed E-state index contributed by atoms with van der Waals surface area (Å²) in [6.45, 7) is 5.55. The van der Waals surface area contributed by atoms with Gasteiger partial charge in [0.25, 0.3) is 0 Å². The lowest BCUT2D eigenvalue weighted by atomic mass is 9.95. The summed E-state index contributed by atoms with van der Waals surface area (Å²) < 4.78 is 26.6. The van der Waals surface area contributed by atoms with Gasteiger partial charge < -0.3 is 10.4 Å². The summed E-state index contributed by atoms with van der Waals surface area (Å²) in [4.78, 5) is 0. The molecule has 1 aromatic carbocycles. The zero-order chi connectivity index (χ0) is 12.3. The molecule has 2 nitrogen and oxygen atoms in total. The minimum Gasteiger partial charge on any atom is -0.396 e. The van der Waals surface area contributed by atoms with Gasteiger partial charge in [-0.15, -0.1) is 0 Å². The van der Waals surface area contributed by atoms with Gasteiger partial charge in [0, 0.05) is 24.6 Å². The molecule has 4 heteroatoms. The maximum absolute atomic E-state index is 13.4. The highest BCUT2D eigenvalue weighted by Crippen LogP contribution is 2.21. The van der Waals surface area contributed by atoms with Crippen LogP contribution in [0.5, 0.6) is 0 Å². The lowest BCUT2D eigenvalue weighted by molar-refractivity contribution is 0.170. The van der Waals surface area contributed by atoms with Crippen molar-refractivity contribution in [2.75, 3.05) is 18.5 Å². The van der Waals surface area contributed by atoms with E-state index in [1.165, 1.54) is 6.92 Å². The molecule has 1 aromatic rings. The molecule has 0 aliphatic heterocycles. The third-order valence-electron chi connectivity index (χ3n) is 2.43. The number of benzene rings is 1. The molecular formula is C12H17F2NO. The number of halogens is 2. The molecule has 0 atom stereocenters. The molecule has 2 N–H and O–H groups in total. The van der Waals surface area contributed by atoms with Gasteiger partial charge >= 0.3 is 0 Å². The van der Waals surface area contributed by atoms with Crippen molar-refractivity contribution in [1.82, 2.24) is 0 Å². The molecule has 0 saturated carbocycles. The van der Waals surface area contributed by atoms with Crippen LogP contribution in [0.2, 0.25) is 0 Å². The fourth-order valence-electron chi connectivity index (χ4n) is 1.17. The van der Waals surface area contributed by atoms with Crippen molar-refractivity contribution in [2.45, 2.75) is 20.8 Å². The average molecular weight is 229 g/mol. The summed E-state index contributed by atoms with van der Waals surface area (Å²) in [7, 11) is 0. The highest BCUT2D eigenvalue weighted by Gasteiger charge is 2.17. The van der Waals surface area contributed by atoms with Crippen molar-refractivity contribution in [3.63, 3.8) is 0 Å². The van der Waals surface area contributed by atoms with Crippen molar-refractivity contribution < 1.29 is 13.9 Å². The average Bonchev–Trinajstić information content (AvgIpc) is 2.22. The van der Waals surface area contributed by atoms with Gasteiger partial charge in [-0.1, -0.05) is 13.8 Å². The molecule has 0 aliphatic carbocycles. The van der Waals surface area contributed by atoms with Gasteiger partial charge in [0.1, 0.15) is 11.6 Å². The monoisotopic (exact) mass is 229 g/mol. The van der Waals surface area contributed by atoms with Crippen LogP contribution < -0.4 is 5.32 Å². The third kappa shape index (κ3) is 3.17. The Morgan fingerprint density at radius 2 is 1.88 bits per heavy atom. The van der Waals surface area contributed by atoms with Crippen LogP contribution in [0.3, 0.4) is 0 Å². The lowest BCUT2D eigenvalue weighted by Gasteiger charge is -2.22. The second-order valence-electron chi connectivity index (χ2n) is 4.76. The molecule has 0 saturated heterocycles. The van der Waals surface area contributed by atoms with Crippen molar-refractivity contribution >= 4 is 5.69 Å². The van der Waals surface area contributed by atoms with Crippen LogP contribution in [-0.4, -0.2) is 18.3 Å². The predicted molar refractivity (Wildman–Crippen MR) is 60.5 cm³/mol. The van der Waals surface area contributed by atoms with Crippen molar-refractivity contribution in [3.05, 3.63) is 29.3 Å². The standard InChI is InChI=1S/C12H17F2NO/c1-8-4-10(14)11(5-9(8)13)15-6-12(2,3)7-16/h4-5,15-16H,6-7H2,1-3H3. The first-order valence-electron chi connectivity index (χ1n) is 5.16. The van der Waals surface area contributed by atoms with Crippen LogP contribution in [0.1, 0.15) is 19.4 Å². The lowest BCUT2D eigenvalue weighted by Crippen LogP contribution is -2.27. The molecule has 0 amide bonds. The first-order chi connectivity index (χ1) is 7.35. The number of aryl methyl sites for hydroxylation is 1. The van der Waals surface area contributed by atoms with Crippen LogP contribution in [0.4, 0.5) is 14.5 Å². The summed E-state index contributed by atoms with van der Waals surface area (Å²) in [6, 6.07) is 2.29. The number of hydrogen-bond donors (Lipinski definition) is 2. The minimum atomic E-state index is -0.479. The van der Waals surface area contributed by atoms with Gasteiger partial charge in [-0.05, 0) is 18.6 Å². The van der Waals surface area contributed by atoms with E-state index in [1.807, 2.05) is 13.8 Å². The number of nitrogens with one attached hydrogen (secondary N) is 1. The summed E-state index contributed by atoms with van der Waals surface area (Å²) in [5.74, 6) is -0.918. The molecule has 0 unspecified atom stereocenters. The van der Waals surface area contributed by atoms with Crippen LogP contribution in [-0.2, 0) is 0 Å². The highest BCUT2D eigenvalue weighted by molar-refractivity contribution is 5.47. The molecule has 0 spiro atoms. The van der Waals surface area contributed by atoms with E-state index < -0.39 is 11.6 Å². The summed E-state index contributed by atoms with van der Waals surface area (Å²) in [5, 5.41) is 11.8. The topological polar surface area (TPSA) is 32.3 Å². The Kier molecular flexibility index (Phi) is 3.86. The molecule has 0 aromatic heterocycles. The SMILES string of the molecule is Cc1cc(F)c(NCC(C)(C)CO)cc1F. The van der Waals surface area contributed by atoms with Crippen molar-refractivity contribution in [1.29, 1.82) is 0 Å². The zero-order valence-electron chi connectivity index (χ0n) is 9.77. The second kappa shape index (κ2) is 4.78. The van der Waals surface area contributed by atoms with Crippen LogP contribution in [0, 0.1) is 24.0 Å². The van der Waals surface area contributed by atoms with Gasteiger partial charge in [0.05, 0.1) is 5.69 Å². The Labute approximate surface area is 94.3 Å². The van der Waals surface area contributed by atoms with Crippen LogP contribution in [0.25, 0.3) is 0 Å². The number of anilines is 1. The summed E-state index contributed by atoms with van der Waals surface area (Å²) in [5.41, 5.74) is 0.0439. The Hall–Kier alpha value is -1.16. The number of aliphatic hydroxyl groups is 1. The van der Waals surface area contributed by atoms with E-state index in [-0.39, 0.29) is 23.3 Å². The summed E-state index contributed by atoms with van der Waals surface area (Å²) >= 11 is 0. The van der Waals surface area contributed by atoms with Gasteiger partial charge in [-0.25, -0.2) is 8.78 Å². The Morgan fingerprint density at radius 3 is 2.44 bits per heavy atom. The van der Waals surface area contributed by atoms with Crippen molar-refractivity contribution in [2.24, 2.45) is 5.41 Å². The van der Waals surface area contributed by atoms with E-state index in [2.05, 4.69) is 5.32 Å². The third-order valence-corrected chi connectivity index (χ3v) is 2.43. The van der Waals surface area contributed by atoms with E-state index in [1.54, 1.807) is 0 Å². The summed E-state index contributed by atoms with van der Waals surface area (Å²) in [6.07, 6.45) is 0. The minimum absolute atomic E-state index is 0.0179. The van der Waals surface area contributed by atoms with Gasteiger partial charge in [0.15, 0.2) is 0 Å². The predicted octanol–water partition coefficient (Wildman–Crippen LogP) is 2.70. The largest absolute Gasteiger partial charge is 0.396 e. The second-order valence-corrected chi connectivity index (χ2v) is 4.76. The molecule has 0 heterocycles. The van der Waals surface area contributed by atoms with E-state index in [0.29, 0.717) is 6.54 Å². The van der Waals surface area contributed by atoms with Crippen LogP contribution in [0.15, 0.2) is 12.1 Å². The number of hydrogen-bond acceptors (Lipinski definition) is 2. The molecule has 0 radical (unpaired) electrons. The first kappa shape index (κ1) is 12.9. The molecule has 1 rings (SSSR count). The van der Waals surface area contributed by atoms with Crippen molar-refractivity contribution in [3.8, 4) is 0 Å². The Bertz CT molecular complexity index is 378. The van der Waals surface area contributed by atoms with E-state index >= 15 is 0 Å². The molecule has 90 valence electrons. The first-order valence-corrected chi connectivity index (χ1v) is 5.16. The van der Waals surface area contributed by atoms with Gasteiger partial charge in [-0.2, -0.15) is 0 Å². The molecule has 0 fully saturated rings. The smallest absolute Gasteiger partial charge is 0.146 e. The maximum atomic E-state index is 13.4. The molecule has 16 heavy (non-hydrogen) atoms. The molecule has 0 aliphatic rings. The zero-order valence-corrected chi connectivity index (χ0v) is 9.77. The van der Waals surface area contributed by atoms with Crippen LogP contribution >= 0.6 is 0 Å². The fraction of sp³-hybridized carbons (Fsp3) is 0.500. The fourth-order valence-corrected chi connectivity index (χ4v) is 1.17. The van der Waals surface area contributed by atoms with Gasteiger partial charge in [0.2, 0.25) is 0 Å². The maximum Gasteiger partial charge on any atom is 0.146 e. The number of rotatable bonds is 4. The Balaban J connectivity index is 2.79. The Morgan fingerprint density at radius 1 is 1.25 bits per heavy atom. The van der Waals surface area contributed by atoms with E-state index in [0.717, 1.165) is 12.1 Å². The highest BCUT2D eigenvalue weighted by atomic mass is 19.1. The van der Waals surface area contributed by atoms with E-state index in [4.69, 9.17) is 5.11 Å². The normalized spacial score (nSPS) is 11.6. The van der Waals surface area contributed by atoms with Gasteiger partial charge in [-0.3, -0.25) is 0 Å². The molecular weight excluding hydrogens is 212 g/mol. The molecule has 0 bridgehead atoms. The quantitative estimate of drug-likeness (QED) is 0.832.